The van der Waals surface area contributed by atoms with Crippen LogP contribution in [0.25, 0.3) is 0 Å². The molecule has 0 bridgehead atoms. The van der Waals surface area contributed by atoms with Crippen LogP contribution >= 0.6 is 0 Å². The van der Waals surface area contributed by atoms with Crippen LogP contribution in [0.2, 0.25) is 24.2 Å². The predicted octanol–water partition coefficient (Wildman–Crippen LogP) is 9.63. The van der Waals surface area contributed by atoms with Crippen molar-refractivity contribution in [3.63, 3.8) is 0 Å². The second kappa shape index (κ2) is 19.3. The van der Waals surface area contributed by atoms with Crippen LogP contribution in [0, 0.1) is 23.9 Å². The average molecular weight is 447 g/mol. The molecule has 0 spiro atoms. The minimum absolute atomic E-state index is 1.30. The van der Waals surface area contributed by atoms with Gasteiger partial charge in [-0.1, -0.05) is 130 Å². The first kappa shape index (κ1) is 29.6. The number of terminal acetylenes is 2. The Balaban J connectivity index is 5.64. The van der Waals surface area contributed by atoms with Crippen LogP contribution in [-0.2, 0) is 0 Å². The van der Waals surface area contributed by atoms with Crippen LogP contribution in [0.5, 0.6) is 0 Å². The van der Waals surface area contributed by atoms with Gasteiger partial charge in [-0.05, 0) is 24.2 Å². The highest BCUT2D eigenvalue weighted by molar-refractivity contribution is 7.48. The molecular formula is C28H54Si2. The van der Waals surface area contributed by atoms with Crippen LogP contribution in [0.4, 0.5) is 0 Å². The molecule has 0 amide bonds. The van der Waals surface area contributed by atoms with E-state index in [1.54, 1.807) is 0 Å². The largest absolute Gasteiger partial charge is 0.144 e. The summed E-state index contributed by atoms with van der Waals surface area (Å²) in [5, 5.41) is 0. The molecular weight excluding hydrogens is 392 g/mol. The Bertz CT molecular complexity index is 400. The molecule has 0 aromatic heterocycles. The van der Waals surface area contributed by atoms with Crippen molar-refractivity contribution in [2.75, 3.05) is 0 Å². The third-order valence-electron chi connectivity index (χ3n) is 7.30. The third-order valence-corrected chi connectivity index (χ3v) is 24.4. The Kier molecular flexibility index (Phi) is 19.0. The summed E-state index contributed by atoms with van der Waals surface area (Å²) in [6.07, 6.45) is 34.3. The van der Waals surface area contributed by atoms with Gasteiger partial charge in [0.2, 0.25) is 0 Å². The molecule has 0 aliphatic heterocycles. The van der Waals surface area contributed by atoms with E-state index in [0.29, 0.717) is 0 Å². The molecule has 0 saturated carbocycles. The second-order valence-corrected chi connectivity index (χ2v) is 22.3. The summed E-state index contributed by atoms with van der Waals surface area (Å²) >= 11 is 0. The lowest BCUT2D eigenvalue weighted by Gasteiger charge is -2.42. The fourth-order valence-corrected chi connectivity index (χ4v) is 21.7. The number of hydrogen-bond acceptors (Lipinski definition) is 0. The van der Waals surface area contributed by atoms with Gasteiger partial charge < -0.3 is 0 Å². The van der Waals surface area contributed by atoms with Crippen LogP contribution in [0.1, 0.15) is 130 Å². The van der Waals surface area contributed by atoms with Gasteiger partial charge in [-0.15, -0.1) is 23.9 Å². The molecule has 0 fully saturated rings. The first-order valence-corrected chi connectivity index (χ1v) is 19.4. The van der Waals surface area contributed by atoms with E-state index in [0.717, 1.165) is 0 Å². The summed E-state index contributed by atoms with van der Waals surface area (Å²) in [4.78, 5) is 0. The van der Waals surface area contributed by atoms with Crippen molar-refractivity contribution in [2.45, 2.75) is 155 Å². The first-order valence-electron chi connectivity index (χ1n) is 13.6. The second-order valence-electron chi connectivity index (χ2n) is 9.70. The zero-order valence-corrected chi connectivity index (χ0v) is 23.3. The highest BCUT2D eigenvalue weighted by Gasteiger charge is 2.52. The molecule has 0 aromatic rings. The number of hydrogen-bond donors (Lipinski definition) is 0. The Labute approximate surface area is 193 Å². The quantitative estimate of drug-likeness (QED) is 0.0934. The molecule has 0 aromatic carbocycles. The zero-order chi connectivity index (χ0) is 22.6. The SMILES string of the molecule is C#C[Si](CCCCCC)(CCCCCC)[Si](C#C)(CCCCCC)CCCCCC. The normalized spacial score (nSPS) is 11.9. The molecule has 0 rings (SSSR count). The van der Waals surface area contributed by atoms with Gasteiger partial charge >= 0.3 is 0 Å². The highest BCUT2D eigenvalue weighted by atomic mass is 29.3. The Morgan fingerprint density at radius 2 is 0.633 bits per heavy atom. The number of unbranched alkanes of at least 4 members (excludes halogenated alkanes) is 12. The van der Waals surface area contributed by atoms with E-state index >= 15 is 0 Å². The van der Waals surface area contributed by atoms with E-state index in [9.17, 15) is 0 Å². The van der Waals surface area contributed by atoms with Gasteiger partial charge in [0.05, 0.1) is 0 Å². The third kappa shape index (κ3) is 10.7. The fourth-order valence-electron chi connectivity index (χ4n) is 5.19. The van der Waals surface area contributed by atoms with Crippen LogP contribution in [0.15, 0.2) is 0 Å². The van der Waals surface area contributed by atoms with Crippen LogP contribution < -0.4 is 0 Å². The minimum atomic E-state index is -1.84. The van der Waals surface area contributed by atoms with Crippen molar-refractivity contribution in [1.82, 2.24) is 0 Å². The van der Waals surface area contributed by atoms with E-state index in [-0.39, 0.29) is 0 Å². The lowest BCUT2D eigenvalue weighted by Crippen LogP contribution is -2.61. The van der Waals surface area contributed by atoms with Crippen LogP contribution in [0.3, 0.4) is 0 Å². The van der Waals surface area contributed by atoms with Gasteiger partial charge in [0, 0.05) is 0 Å². The molecule has 0 atom stereocenters. The van der Waals surface area contributed by atoms with Crippen molar-refractivity contribution in [3.8, 4) is 23.9 Å². The van der Waals surface area contributed by atoms with Crippen molar-refractivity contribution >= 4 is 15.2 Å². The van der Waals surface area contributed by atoms with Crippen molar-refractivity contribution in [2.24, 2.45) is 0 Å². The van der Waals surface area contributed by atoms with E-state index in [1.807, 2.05) is 0 Å². The molecule has 2 heteroatoms. The first-order chi connectivity index (χ1) is 14.6. The van der Waals surface area contributed by atoms with E-state index in [4.69, 9.17) is 12.8 Å². The number of rotatable bonds is 21. The Morgan fingerprint density at radius 1 is 0.400 bits per heavy atom. The van der Waals surface area contributed by atoms with Crippen LogP contribution in [-0.4, -0.2) is 15.2 Å². The maximum absolute atomic E-state index is 6.51. The lowest BCUT2D eigenvalue weighted by atomic mass is 10.2. The standard InChI is InChI=1S/C28H54Si2/c1-7-13-17-21-25-29(11-5,26-22-18-14-8-2)30(12-6,27-23-19-15-9-3)28-24-20-16-10-4/h5-6H,7-10,13-28H2,1-4H3. The topological polar surface area (TPSA) is 0 Å². The smallest absolute Gasteiger partial charge is 0.136 e. The highest BCUT2D eigenvalue weighted by Crippen LogP contribution is 2.38. The monoisotopic (exact) mass is 446 g/mol. The van der Waals surface area contributed by atoms with Crippen molar-refractivity contribution in [3.05, 3.63) is 0 Å². The van der Waals surface area contributed by atoms with E-state index in [2.05, 4.69) is 38.8 Å². The summed E-state index contributed by atoms with van der Waals surface area (Å²) in [5.41, 5.74) is 7.20. The fraction of sp³-hybridized carbons (Fsp3) is 0.857. The molecule has 0 aliphatic carbocycles. The minimum Gasteiger partial charge on any atom is -0.136 e. The van der Waals surface area contributed by atoms with Gasteiger partial charge in [0.15, 0.2) is 0 Å². The lowest BCUT2D eigenvalue weighted by molar-refractivity contribution is 0.678. The maximum atomic E-state index is 6.51. The molecule has 0 aliphatic rings. The van der Waals surface area contributed by atoms with Gasteiger partial charge in [0.1, 0.15) is 15.2 Å². The van der Waals surface area contributed by atoms with Crippen molar-refractivity contribution in [1.29, 1.82) is 0 Å². The van der Waals surface area contributed by atoms with Gasteiger partial charge in [0.25, 0.3) is 0 Å². The summed E-state index contributed by atoms with van der Waals surface area (Å²) in [6.45, 7) is 9.22. The molecule has 0 unspecified atom stereocenters. The molecule has 174 valence electrons. The molecule has 0 nitrogen and oxygen atoms in total. The molecule has 0 radical (unpaired) electrons. The molecule has 0 heterocycles. The Hall–Kier alpha value is -0.446. The maximum Gasteiger partial charge on any atom is 0.144 e. The predicted molar refractivity (Wildman–Crippen MR) is 145 cm³/mol. The molecule has 0 N–H and O–H groups in total. The average Bonchev–Trinajstić information content (AvgIpc) is 2.77. The summed E-state index contributed by atoms with van der Waals surface area (Å²) in [5.74, 6) is 0. The summed E-state index contributed by atoms with van der Waals surface area (Å²) < 4.78 is 0. The van der Waals surface area contributed by atoms with Gasteiger partial charge in [-0.3, -0.25) is 0 Å². The summed E-state index contributed by atoms with van der Waals surface area (Å²) in [7, 11) is -3.68. The zero-order valence-electron chi connectivity index (χ0n) is 21.3. The van der Waals surface area contributed by atoms with Gasteiger partial charge in [-0.2, -0.15) is 0 Å². The summed E-state index contributed by atoms with van der Waals surface area (Å²) in [6, 6.07) is 5.31. The van der Waals surface area contributed by atoms with Crippen molar-refractivity contribution < 1.29 is 0 Å². The molecule has 30 heavy (non-hydrogen) atoms. The Morgan fingerprint density at radius 3 is 0.800 bits per heavy atom. The van der Waals surface area contributed by atoms with E-state index < -0.39 is 15.2 Å². The molecule has 0 saturated heterocycles. The van der Waals surface area contributed by atoms with Gasteiger partial charge in [-0.25, -0.2) is 0 Å². The van der Waals surface area contributed by atoms with E-state index in [1.165, 1.54) is 127 Å².